The van der Waals surface area contributed by atoms with E-state index in [1.807, 2.05) is 12.1 Å². The Morgan fingerprint density at radius 1 is 1.50 bits per heavy atom. The standard InChI is InChI=1S/C13H14N2O/c1-9-7-11(9)13(16)15(2)12-6-4-3-5-10(12)8-14/h3-6,9,11H,7H2,1-2H3. The van der Waals surface area contributed by atoms with E-state index in [9.17, 15) is 4.79 Å². The molecule has 0 aromatic heterocycles. The van der Waals surface area contributed by atoms with Crippen molar-refractivity contribution in [2.45, 2.75) is 13.3 Å². The summed E-state index contributed by atoms with van der Waals surface area (Å²) in [5, 5.41) is 8.97. The lowest BCUT2D eigenvalue weighted by atomic mass is 10.1. The quantitative estimate of drug-likeness (QED) is 0.757. The zero-order valence-electron chi connectivity index (χ0n) is 9.47. The summed E-state index contributed by atoms with van der Waals surface area (Å²) in [5.41, 5.74) is 1.25. The van der Waals surface area contributed by atoms with Gasteiger partial charge in [0.1, 0.15) is 6.07 Å². The smallest absolute Gasteiger partial charge is 0.230 e. The van der Waals surface area contributed by atoms with Crippen LogP contribution in [0.1, 0.15) is 18.9 Å². The highest BCUT2D eigenvalue weighted by molar-refractivity contribution is 5.97. The van der Waals surface area contributed by atoms with Crippen LogP contribution in [0.15, 0.2) is 24.3 Å². The minimum atomic E-state index is 0.121. The highest BCUT2D eigenvalue weighted by Crippen LogP contribution is 2.39. The molecule has 1 aromatic carbocycles. The van der Waals surface area contributed by atoms with Crippen LogP contribution in [0.4, 0.5) is 5.69 Å². The second kappa shape index (κ2) is 3.97. The number of anilines is 1. The molecule has 0 radical (unpaired) electrons. The third-order valence-corrected chi connectivity index (χ3v) is 3.14. The van der Waals surface area contributed by atoms with Crippen molar-refractivity contribution >= 4 is 11.6 Å². The lowest BCUT2D eigenvalue weighted by molar-refractivity contribution is -0.119. The minimum absolute atomic E-state index is 0.121. The molecular weight excluding hydrogens is 200 g/mol. The van der Waals surface area contributed by atoms with Gasteiger partial charge < -0.3 is 4.90 Å². The molecule has 1 aliphatic carbocycles. The number of rotatable bonds is 2. The number of hydrogen-bond donors (Lipinski definition) is 0. The van der Waals surface area contributed by atoms with Crippen LogP contribution in [0.3, 0.4) is 0 Å². The number of carbonyl (C=O) groups excluding carboxylic acids is 1. The van der Waals surface area contributed by atoms with Gasteiger partial charge in [-0.3, -0.25) is 4.79 Å². The molecule has 0 saturated heterocycles. The molecule has 2 atom stereocenters. The third kappa shape index (κ3) is 1.79. The van der Waals surface area contributed by atoms with Gasteiger partial charge in [0.15, 0.2) is 0 Å². The summed E-state index contributed by atoms with van der Waals surface area (Å²) in [6.45, 7) is 2.08. The second-order valence-corrected chi connectivity index (χ2v) is 4.35. The summed E-state index contributed by atoms with van der Waals surface area (Å²) in [4.78, 5) is 13.6. The van der Waals surface area contributed by atoms with Crippen LogP contribution in [0.25, 0.3) is 0 Å². The lowest BCUT2D eigenvalue weighted by Gasteiger charge is -2.18. The summed E-state index contributed by atoms with van der Waals surface area (Å²) in [5.74, 6) is 0.760. The van der Waals surface area contributed by atoms with Crippen molar-refractivity contribution in [3.05, 3.63) is 29.8 Å². The maximum Gasteiger partial charge on any atom is 0.230 e. The van der Waals surface area contributed by atoms with Gasteiger partial charge in [0.05, 0.1) is 11.3 Å². The Kier molecular flexibility index (Phi) is 2.66. The third-order valence-electron chi connectivity index (χ3n) is 3.14. The zero-order chi connectivity index (χ0) is 11.7. The molecule has 1 aromatic rings. The molecular formula is C13H14N2O. The van der Waals surface area contributed by atoms with Gasteiger partial charge in [0.2, 0.25) is 5.91 Å². The van der Waals surface area contributed by atoms with Gasteiger partial charge >= 0.3 is 0 Å². The lowest BCUT2D eigenvalue weighted by Crippen LogP contribution is -2.28. The Morgan fingerprint density at radius 3 is 2.69 bits per heavy atom. The first-order chi connectivity index (χ1) is 7.65. The van der Waals surface area contributed by atoms with Crippen molar-refractivity contribution in [2.75, 3.05) is 11.9 Å². The van der Waals surface area contributed by atoms with Crippen molar-refractivity contribution in [3.8, 4) is 6.07 Å². The minimum Gasteiger partial charge on any atom is -0.314 e. The maximum absolute atomic E-state index is 12.0. The van der Waals surface area contributed by atoms with E-state index in [0.717, 1.165) is 6.42 Å². The summed E-state index contributed by atoms with van der Waals surface area (Å²) < 4.78 is 0. The van der Waals surface area contributed by atoms with Crippen molar-refractivity contribution in [1.29, 1.82) is 5.26 Å². The number of nitrogens with zero attached hydrogens (tertiary/aromatic N) is 2. The van der Waals surface area contributed by atoms with Gasteiger partial charge in [-0.1, -0.05) is 19.1 Å². The van der Waals surface area contributed by atoms with Gasteiger partial charge in [-0.05, 0) is 24.5 Å². The van der Waals surface area contributed by atoms with Crippen LogP contribution in [0.5, 0.6) is 0 Å². The van der Waals surface area contributed by atoms with Crippen LogP contribution < -0.4 is 4.90 Å². The molecule has 2 rings (SSSR count). The van der Waals surface area contributed by atoms with E-state index in [0.29, 0.717) is 17.2 Å². The zero-order valence-corrected chi connectivity index (χ0v) is 9.47. The highest BCUT2D eigenvalue weighted by Gasteiger charge is 2.41. The van der Waals surface area contributed by atoms with Crippen LogP contribution >= 0.6 is 0 Å². The van der Waals surface area contributed by atoms with E-state index in [-0.39, 0.29) is 11.8 Å². The molecule has 3 heteroatoms. The van der Waals surface area contributed by atoms with Crippen molar-refractivity contribution in [3.63, 3.8) is 0 Å². The summed E-state index contributed by atoms with van der Waals surface area (Å²) in [6, 6.07) is 9.30. The molecule has 0 N–H and O–H groups in total. The summed E-state index contributed by atoms with van der Waals surface area (Å²) in [7, 11) is 1.74. The molecule has 0 aliphatic heterocycles. The van der Waals surface area contributed by atoms with Gasteiger partial charge in [-0.15, -0.1) is 0 Å². The molecule has 1 fully saturated rings. The fraction of sp³-hybridized carbons (Fsp3) is 0.385. The fourth-order valence-electron chi connectivity index (χ4n) is 1.89. The first kappa shape index (κ1) is 10.7. The Balaban J connectivity index is 2.24. The number of amides is 1. The maximum atomic E-state index is 12.0. The Labute approximate surface area is 95.3 Å². The van der Waals surface area contributed by atoms with E-state index >= 15 is 0 Å². The van der Waals surface area contributed by atoms with E-state index in [1.54, 1.807) is 24.1 Å². The molecule has 0 spiro atoms. The molecule has 1 saturated carbocycles. The Morgan fingerprint density at radius 2 is 2.12 bits per heavy atom. The predicted molar refractivity (Wildman–Crippen MR) is 61.8 cm³/mol. The van der Waals surface area contributed by atoms with Crippen molar-refractivity contribution < 1.29 is 4.79 Å². The normalized spacial score (nSPS) is 22.3. The number of carbonyl (C=O) groups is 1. The van der Waals surface area contributed by atoms with Gasteiger partial charge in [0, 0.05) is 13.0 Å². The predicted octanol–water partition coefficient (Wildman–Crippen LogP) is 2.18. The number of para-hydroxylation sites is 1. The van der Waals surface area contributed by atoms with Crippen LogP contribution in [0, 0.1) is 23.2 Å². The average molecular weight is 214 g/mol. The number of nitriles is 1. The molecule has 0 heterocycles. The molecule has 82 valence electrons. The van der Waals surface area contributed by atoms with E-state index in [1.165, 1.54) is 0 Å². The topological polar surface area (TPSA) is 44.1 Å². The van der Waals surface area contributed by atoms with Gasteiger partial charge in [-0.25, -0.2) is 0 Å². The van der Waals surface area contributed by atoms with E-state index in [2.05, 4.69) is 13.0 Å². The van der Waals surface area contributed by atoms with E-state index < -0.39 is 0 Å². The molecule has 2 unspecified atom stereocenters. The Hall–Kier alpha value is -1.82. The first-order valence-electron chi connectivity index (χ1n) is 5.42. The van der Waals surface area contributed by atoms with Gasteiger partial charge in [-0.2, -0.15) is 5.26 Å². The van der Waals surface area contributed by atoms with E-state index in [4.69, 9.17) is 5.26 Å². The molecule has 3 nitrogen and oxygen atoms in total. The highest BCUT2D eigenvalue weighted by atomic mass is 16.2. The largest absolute Gasteiger partial charge is 0.314 e. The Bertz CT molecular complexity index is 461. The second-order valence-electron chi connectivity index (χ2n) is 4.35. The molecule has 0 bridgehead atoms. The number of benzene rings is 1. The molecule has 1 amide bonds. The SMILES string of the molecule is CC1CC1C(=O)N(C)c1ccccc1C#N. The fourth-order valence-corrected chi connectivity index (χ4v) is 1.89. The van der Waals surface area contributed by atoms with Crippen LogP contribution in [-0.4, -0.2) is 13.0 Å². The van der Waals surface area contributed by atoms with Crippen molar-refractivity contribution in [2.24, 2.45) is 11.8 Å². The molecule has 1 aliphatic rings. The van der Waals surface area contributed by atoms with Crippen LogP contribution in [0.2, 0.25) is 0 Å². The number of hydrogen-bond acceptors (Lipinski definition) is 2. The summed E-state index contributed by atoms with van der Waals surface area (Å²) in [6.07, 6.45) is 0.970. The average Bonchev–Trinajstić information content (AvgIpc) is 3.04. The molecule has 16 heavy (non-hydrogen) atoms. The van der Waals surface area contributed by atoms with Crippen LogP contribution in [-0.2, 0) is 4.79 Å². The first-order valence-corrected chi connectivity index (χ1v) is 5.42. The monoisotopic (exact) mass is 214 g/mol. The van der Waals surface area contributed by atoms with Crippen molar-refractivity contribution in [1.82, 2.24) is 0 Å². The summed E-state index contributed by atoms with van der Waals surface area (Å²) >= 11 is 0. The van der Waals surface area contributed by atoms with Gasteiger partial charge in [0.25, 0.3) is 0 Å².